The molecule has 2 aromatic rings. The third kappa shape index (κ3) is 3.93. The topological polar surface area (TPSA) is 85.8 Å². The first kappa shape index (κ1) is 16.7. The minimum atomic E-state index is 0.0462. The van der Waals surface area contributed by atoms with Crippen LogP contribution in [0.25, 0.3) is 11.4 Å². The molecule has 1 heterocycles. The van der Waals surface area contributed by atoms with E-state index in [4.69, 9.17) is 17.4 Å². The van der Waals surface area contributed by atoms with Crippen LogP contribution in [0.2, 0.25) is 5.02 Å². The number of carbonyl (C=O) groups excluding carboxylic acids is 1. The fraction of sp³-hybridized carbons (Fsp3) is 0.471. The van der Waals surface area contributed by atoms with E-state index in [1.807, 2.05) is 12.1 Å². The fourth-order valence-electron chi connectivity index (χ4n) is 3.06. The van der Waals surface area contributed by atoms with Crippen molar-refractivity contribution in [3.8, 4) is 11.4 Å². The Labute approximate surface area is 155 Å². The Hall–Kier alpha value is -1.73. The number of nitrogens with one attached hydrogen (secondary N) is 1. The van der Waals surface area contributed by atoms with Gasteiger partial charge in [-0.1, -0.05) is 23.4 Å². The van der Waals surface area contributed by atoms with Crippen LogP contribution in [-0.2, 0) is 4.79 Å². The maximum Gasteiger partial charge on any atom is 0.230 e. The zero-order chi connectivity index (χ0) is 17.4. The third-order valence-corrected chi connectivity index (χ3v) is 5.88. The first-order valence-electron chi connectivity index (χ1n) is 8.50. The number of benzene rings is 1. The highest BCUT2D eigenvalue weighted by Crippen LogP contribution is 2.44. The van der Waals surface area contributed by atoms with Crippen molar-refractivity contribution < 1.29 is 4.79 Å². The van der Waals surface area contributed by atoms with Gasteiger partial charge in [-0.05, 0) is 61.8 Å². The van der Waals surface area contributed by atoms with Crippen molar-refractivity contribution in [3.05, 3.63) is 29.3 Å². The van der Waals surface area contributed by atoms with Crippen molar-refractivity contribution in [1.29, 1.82) is 0 Å². The maximum atomic E-state index is 12.3. The smallest absolute Gasteiger partial charge is 0.230 e. The number of aromatic nitrogens is 3. The molecule has 25 heavy (non-hydrogen) atoms. The Bertz CT molecular complexity index is 758. The van der Waals surface area contributed by atoms with Crippen LogP contribution in [0.15, 0.2) is 29.4 Å². The van der Waals surface area contributed by atoms with Crippen LogP contribution in [0.4, 0.5) is 0 Å². The van der Waals surface area contributed by atoms with Crippen molar-refractivity contribution in [2.24, 2.45) is 11.8 Å². The van der Waals surface area contributed by atoms with Gasteiger partial charge in [-0.2, -0.15) is 0 Å². The first-order valence-corrected chi connectivity index (χ1v) is 9.87. The highest BCUT2D eigenvalue weighted by Gasteiger charge is 2.42. The van der Waals surface area contributed by atoms with Crippen LogP contribution in [0, 0.1) is 11.8 Å². The molecule has 2 fully saturated rings. The van der Waals surface area contributed by atoms with Crippen molar-refractivity contribution in [2.75, 3.05) is 11.6 Å². The number of thioether (sulfide) groups is 1. The number of nitrogens with zero attached hydrogens (tertiary/aromatic N) is 3. The average molecular weight is 378 g/mol. The summed E-state index contributed by atoms with van der Waals surface area (Å²) in [7, 11) is 0. The summed E-state index contributed by atoms with van der Waals surface area (Å²) in [5, 5.41) is 12.6. The fourth-order valence-corrected chi connectivity index (χ4v) is 3.85. The third-order valence-electron chi connectivity index (χ3n) is 4.69. The molecular weight excluding hydrogens is 358 g/mol. The molecule has 0 spiro atoms. The minimum absolute atomic E-state index is 0.0462. The molecule has 1 amide bonds. The molecular formula is C17H20ClN5OS. The number of halogens is 1. The Morgan fingerprint density at radius 2 is 1.88 bits per heavy atom. The molecule has 0 unspecified atom stereocenters. The first-order chi connectivity index (χ1) is 12.1. The molecule has 0 radical (unpaired) electrons. The second-order valence-electron chi connectivity index (χ2n) is 6.74. The lowest BCUT2D eigenvalue weighted by molar-refractivity contribution is -0.119. The molecule has 8 heteroatoms. The summed E-state index contributed by atoms with van der Waals surface area (Å²) in [5.41, 5.74) is 0.832. The summed E-state index contributed by atoms with van der Waals surface area (Å²) >= 11 is 7.21. The SMILES string of the molecule is Nn1c(SCC(=O)NC(C2CC2)C2CC2)nnc1-c1ccc(Cl)cc1. The average Bonchev–Trinajstić information content (AvgIpc) is 3.51. The van der Waals surface area contributed by atoms with E-state index >= 15 is 0 Å². The molecule has 4 rings (SSSR count). The zero-order valence-corrected chi connectivity index (χ0v) is 15.3. The van der Waals surface area contributed by atoms with Gasteiger partial charge in [0.25, 0.3) is 0 Å². The van der Waals surface area contributed by atoms with E-state index in [-0.39, 0.29) is 5.91 Å². The molecule has 0 aliphatic heterocycles. The number of nitrogens with two attached hydrogens (primary N) is 1. The van der Waals surface area contributed by atoms with E-state index in [1.54, 1.807) is 12.1 Å². The molecule has 1 aromatic heterocycles. The van der Waals surface area contributed by atoms with Crippen molar-refractivity contribution in [2.45, 2.75) is 36.9 Å². The lowest BCUT2D eigenvalue weighted by atomic mass is 10.1. The van der Waals surface area contributed by atoms with Gasteiger partial charge in [-0.15, -0.1) is 10.2 Å². The van der Waals surface area contributed by atoms with Crippen molar-refractivity contribution >= 4 is 29.3 Å². The molecule has 132 valence electrons. The number of rotatable bonds is 7. The minimum Gasteiger partial charge on any atom is -0.352 e. The van der Waals surface area contributed by atoms with Gasteiger partial charge in [0.15, 0.2) is 5.82 Å². The van der Waals surface area contributed by atoms with Crippen LogP contribution < -0.4 is 11.2 Å². The van der Waals surface area contributed by atoms with Crippen LogP contribution in [0.5, 0.6) is 0 Å². The summed E-state index contributed by atoms with van der Waals surface area (Å²) in [6, 6.07) is 7.61. The van der Waals surface area contributed by atoms with Gasteiger partial charge >= 0.3 is 0 Å². The highest BCUT2D eigenvalue weighted by molar-refractivity contribution is 7.99. The maximum absolute atomic E-state index is 12.3. The van der Waals surface area contributed by atoms with Crippen molar-refractivity contribution in [1.82, 2.24) is 20.2 Å². The Morgan fingerprint density at radius 1 is 1.24 bits per heavy atom. The molecule has 0 bridgehead atoms. The van der Waals surface area contributed by atoms with Crippen LogP contribution in [0.1, 0.15) is 25.7 Å². The number of hydrogen-bond acceptors (Lipinski definition) is 5. The molecule has 0 atom stereocenters. The van der Waals surface area contributed by atoms with E-state index < -0.39 is 0 Å². The Kier molecular flexibility index (Phi) is 4.60. The highest BCUT2D eigenvalue weighted by atomic mass is 35.5. The van der Waals surface area contributed by atoms with E-state index in [2.05, 4.69) is 15.5 Å². The zero-order valence-electron chi connectivity index (χ0n) is 13.7. The largest absolute Gasteiger partial charge is 0.352 e. The standard InChI is InChI=1S/C17H20ClN5OS/c18-13-7-5-12(6-8-13)16-21-22-17(23(16)19)25-9-14(24)20-15(10-1-2-10)11-3-4-11/h5-8,10-11,15H,1-4,9,19H2,(H,20,24). The Balaban J connectivity index is 1.36. The van der Waals surface area contributed by atoms with Gasteiger partial charge in [-0.25, -0.2) is 4.68 Å². The van der Waals surface area contributed by atoms with E-state index in [0.717, 1.165) is 5.56 Å². The number of nitrogen functional groups attached to an aromatic ring is 1. The second kappa shape index (κ2) is 6.88. The van der Waals surface area contributed by atoms with Gasteiger partial charge in [0.05, 0.1) is 5.75 Å². The van der Waals surface area contributed by atoms with Crippen LogP contribution >= 0.6 is 23.4 Å². The van der Waals surface area contributed by atoms with Gasteiger partial charge < -0.3 is 11.2 Å². The van der Waals surface area contributed by atoms with Crippen LogP contribution in [-0.4, -0.2) is 32.6 Å². The number of amides is 1. The molecule has 3 N–H and O–H groups in total. The van der Waals surface area contributed by atoms with E-state index in [9.17, 15) is 4.79 Å². The van der Waals surface area contributed by atoms with Gasteiger partial charge in [-0.3, -0.25) is 4.79 Å². The van der Waals surface area contributed by atoms with Gasteiger partial charge in [0.2, 0.25) is 11.1 Å². The number of carbonyl (C=O) groups is 1. The second-order valence-corrected chi connectivity index (χ2v) is 8.12. The normalized spacial score (nSPS) is 17.0. The predicted molar refractivity (Wildman–Crippen MR) is 98.7 cm³/mol. The molecule has 0 saturated heterocycles. The van der Waals surface area contributed by atoms with Crippen molar-refractivity contribution in [3.63, 3.8) is 0 Å². The molecule has 1 aromatic carbocycles. The predicted octanol–water partition coefficient (Wildman–Crippen LogP) is 2.71. The quantitative estimate of drug-likeness (QED) is 0.572. The summed E-state index contributed by atoms with van der Waals surface area (Å²) in [6.07, 6.45) is 4.98. The Morgan fingerprint density at radius 3 is 2.48 bits per heavy atom. The van der Waals surface area contributed by atoms with E-state index in [0.29, 0.717) is 39.6 Å². The summed E-state index contributed by atoms with van der Waals surface area (Å²) in [4.78, 5) is 12.3. The number of hydrogen-bond donors (Lipinski definition) is 2. The summed E-state index contributed by atoms with van der Waals surface area (Å²) in [6.45, 7) is 0. The monoisotopic (exact) mass is 377 g/mol. The molecule has 2 aliphatic rings. The molecule has 2 saturated carbocycles. The lowest BCUT2D eigenvalue weighted by Gasteiger charge is -2.17. The van der Waals surface area contributed by atoms with Gasteiger partial charge in [0, 0.05) is 16.6 Å². The van der Waals surface area contributed by atoms with E-state index in [1.165, 1.54) is 42.1 Å². The summed E-state index contributed by atoms with van der Waals surface area (Å²) < 4.78 is 1.42. The molecule has 6 nitrogen and oxygen atoms in total. The lowest BCUT2D eigenvalue weighted by Crippen LogP contribution is -2.39. The summed E-state index contributed by atoms with van der Waals surface area (Å²) in [5.74, 6) is 8.36. The molecule has 2 aliphatic carbocycles. The van der Waals surface area contributed by atoms with Gasteiger partial charge in [0.1, 0.15) is 0 Å². The van der Waals surface area contributed by atoms with Crippen LogP contribution in [0.3, 0.4) is 0 Å².